The van der Waals surface area contributed by atoms with E-state index in [4.69, 9.17) is 4.42 Å². The van der Waals surface area contributed by atoms with Crippen LogP contribution in [0, 0.1) is 6.92 Å². The Kier molecular flexibility index (Phi) is 5.14. The van der Waals surface area contributed by atoms with Gasteiger partial charge in [0.2, 0.25) is 0 Å². The molecule has 7 heteroatoms. The first kappa shape index (κ1) is 19.0. The molecule has 4 rings (SSSR count). The molecule has 0 amide bonds. The molecule has 2 N–H and O–H groups in total. The molecule has 0 saturated carbocycles. The fraction of sp³-hybridized carbons (Fsp3) is 0.333. The van der Waals surface area contributed by atoms with E-state index >= 15 is 0 Å². The van der Waals surface area contributed by atoms with E-state index < -0.39 is 10.0 Å². The molecule has 0 radical (unpaired) electrons. The number of anilines is 1. The van der Waals surface area contributed by atoms with Gasteiger partial charge in [-0.05, 0) is 43.7 Å². The van der Waals surface area contributed by atoms with Crippen molar-refractivity contribution in [3.63, 3.8) is 0 Å². The van der Waals surface area contributed by atoms with Gasteiger partial charge in [-0.2, -0.15) is 0 Å². The number of nitrogens with one attached hydrogen (secondary N) is 2. The minimum absolute atomic E-state index is 0.291. The van der Waals surface area contributed by atoms with Crippen molar-refractivity contribution in [2.45, 2.75) is 31.3 Å². The standard InChI is InChI=1S/C21H25N3O3S/c1-15-5-3-4-6-20(15)28(25,26)23-19-11-17-7-10-27-21(17)18(12-19)14-24-9-8-22-13-16(24)2/h3-7,10-12,16,22-23H,8-9,13-14H2,1-2H3. The number of hydrogen-bond donors (Lipinski definition) is 2. The lowest BCUT2D eigenvalue weighted by molar-refractivity contribution is 0.166. The Morgan fingerprint density at radius 3 is 2.86 bits per heavy atom. The third-order valence-corrected chi connectivity index (χ3v) is 6.82. The van der Waals surface area contributed by atoms with Gasteiger partial charge in [0.25, 0.3) is 10.0 Å². The van der Waals surface area contributed by atoms with E-state index in [0.717, 1.165) is 36.2 Å². The monoisotopic (exact) mass is 399 g/mol. The number of fused-ring (bicyclic) bond motifs is 1. The zero-order chi connectivity index (χ0) is 19.7. The van der Waals surface area contributed by atoms with Crippen LogP contribution in [0.5, 0.6) is 0 Å². The SMILES string of the molecule is Cc1ccccc1S(=O)(=O)Nc1cc(CN2CCNCC2C)c2occc2c1. The van der Waals surface area contributed by atoms with Crippen molar-refractivity contribution in [2.24, 2.45) is 0 Å². The third-order valence-electron chi connectivity index (χ3n) is 5.28. The quantitative estimate of drug-likeness (QED) is 0.688. The molecule has 0 bridgehead atoms. The summed E-state index contributed by atoms with van der Waals surface area (Å²) in [5.41, 5.74) is 3.06. The van der Waals surface area contributed by atoms with Gasteiger partial charge in [0, 0.05) is 43.2 Å². The molecule has 6 nitrogen and oxygen atoms in total. The molecular formula is C21H25N3O3S. The molecule has 0 aliphatic carbocycles. The normalized spacial score (nSPS) is 18.4. The van der Waals surface area contributed by atoms with Crippen LogP contribution in [0.1, 0.15) is 18.1 Å². The van der Waals surface area contributed by atoms with Gasteiger partial charge in [-0.1, -0.05) is 18.2 Å². The first-order chi connectivity index (χ1) is 13.4. The Balaban J connectivity index is 1.67. The number of sulfonamides is 1. The molecule has 1 aliphatic heterocycles. The van der Waals surface area contributed by atoms with Gasteiger partial charge in [0.15, 0.2) is 0 Å². The minimum Gasteiger partial charge on any atom is -0.464 e. The molecule has 2 heterocycles. The number of furan rings is 1. The highest BCUT2D eigenvalue weighted by molar-refractivity contribution is 7.92. The summed E-state index contributed by atoms with van der Waals surface area (Å²) in [5, 5.41) is 4.28. The summed E-state index contributed by atoms with van der Waals surface area (Å²) in [7, 11) is -3.66. The minimum atomic E-state index is -3.66. The first-order valence-corrected chi connectivity index (χ1v) is 11.0. The second-order valence-electron chi connectivity index (χ2n) is 7.37. The average Bonchev–Trinajstić information content (AvgIpc) is 3.12. The van der Waals surface area contributed by atoms with E-state index in [0.29, 0.717) is 28.7 Å². The highest BCUT2D eigenvalue weighted by atomic mass is 32.2. The van der Waals surface area contributed by atoms with Crippen LogP contribution in [0.15, 0.2) is 58.0 Å². The molecule has 3 aromatic rings. The molecule has 0 spiro atoms. The van der Waals surface area contributed by atoms with Crippen LogP contribution >= 0.6 is 0 Å². The topological polar surface area (TPSA) is 74.6 Å². The van der Waals surface area contributed by atoms with Crippen LogP contribution in [0.4, 0.5) is 5.69 Å². The predicted molar refractivity (Wildman–Crippen MR) is 111 cm³/mol. The van der Waals surface area contributed by atoms with Crippen molar-refractivity contribution in [1.82, 2.24) is 10.2 Å². The van der Waals surface area contributed by atoms with Gasteiger partial charge in [-0.15, -0.1) is 0 Å². The Hall–Kier alpha value is -2.35. The number of hydrogen-bond acceptors (Lipinski definition) is 5. The molecule has 1 aromatic heterocycles. The second kappa shape index (κ2) is 7.58. The Labute approximate surface area is 165 Å². The summed E-state index contributed by atoms with van der Waals surface area (Å²) in [6, 6.07) is 13.0. The van der Waals surface area contributed by atoms with Crippen molar-refractivity contribution < 1.29 is 12.8 Å². The van der Waals surface area contributed by atoms with Crippen molar-refractivity contribution >= 4 is 26.7 Å². The third kappa shape index (κ3) is 3.78. The largest absolute Gasteiger partial charge is 0.464 e. The summed E-state index contributed by atoms with van der Waals surface area (Å²) in [6.07, 6.45) is 1.65. The molecule has 1 saturated heterocycles. The van der Waals surface area contributed by atoms with Gasteiger partial charge < -0.3 is 9.73 Å². The number of nitrogens with zero attached hydrogens (tertiary/aromatic N) is 1. The smallest absolute Gasteiger partial charge is 0.262 e. The summed E-state index contributed by atoms with van der Waals surface area (Å²) < 4.78 is 34.2. The lowest BCUT2D eigenvalue weighted by Crippen LogP contribution is -2.49. The zero-order valence-electron chi connectivity index (χ0n) is 16.1. The Morgan fingerprint density at radius 1 is 1.25 bits per heavy atom. The number of aryl methyl sites for hydroxylation is 1. The van der Waals surface area contributed by atoms with Crippen molar-refractivity contribution in [1.29, 1.82) is 0 Å². The maximum absolute atomic E-state index is 12.9. The van der Waals surface area contributed by atoms with E-state index in [1.807, 2.05) is 24.3 Å². The van der Waals surface area contributed by atoms with Crippen LogP contribution in [0.2, 0.25) is 0 Å². The Bertz CT molecular complexity index is 1090. The van der Waals surface area contributed by atoms with Crippen LogP contribution in [0.25, 0.3) is 11.0 Å². The van der Waals surface area contributed by atoms with Gasteiger partial charge in [0.05, 0.1) is 16.8 Å². The fourth-order valence-corrected chi connectivity index (χ4v) is 5.03. The van der Waals surface area contributed by atoms with Gasteiger partial charge in [-0.3, -0.25) is 9.62 Å². The van der Waals surface area contributed by atoms with E-state index in [1.165, 1.54) is 0 Å². The van der Waals surface area contributed by atoms with Crippen LogP contribution in [-0.4, -0.2) is 39.0 Å². The molecule has 28 heavy (non-hydrogen) atoms. The number of benzene rings is 2. The molecule has 1 atom stereocenters. The van der Waals surface area contributed by atoms with Crippen molar-refractivity contribution in [3.8, 4) is 0 Å². The molecule has 1 unspecified atom stereocenters. The van der Waals surface area contributed by atoms with E-state index in [9.17, 15) is 8.42 Å². The summed E-state index contributed by atoms with van der Waals surface area (Å²) in [5.74, 6) is 0. The summed E-state index contributed by atoms with van der Waals surface area (Å²) in [4.78, 5) is 2.67. The molecule has 2 aromatic carbocycles. The second-order valence-corrected chi connectivity index (χ2v) is 9.02. The summed E-state index contributed by atoms with van der Waals surface area (Å²) >= 11 is 0. The molecular weight excluding hydrogens is 374 g/mol. The van der Waals surface area contributed by atoms with Crippen LogP contribution in [-0.2, 0) is 16.6 Å². The van der Waals surface area contributed by atoms with E-state index in [1.54, 1.807) is 31.4 Å². The highest BCUT2D eigenvalue weighted by Crippen LogP contribution is 2.28. The molecule has 148 valence electrons. The summed E-state index contributed by atoms with van der Waals surface area (Å²) in [6.45, 7) is 7.54. The highest BCUT2D eigenvalue weighted by Gasteiger charge is 2.21. The van der Waals surface area contributed by atoms with Gasteiger partial charge >= 0.3 is 0 Å². The fourth-order valence-electron chi connectivity index (χ4n) is 3.74. The van der Waals surface area contributed by atoms with Crippen molar-refractivity contribution in [3.05, 3.63) is 59.9 Å². The average molecular weight is 400 g/mol. The lowest BCUT2D eigenvalue weighted by Gasteiger charge is -2.33. The van der Waals surface area contributed by atoms with Crippen LogP contribution < -0.4 is 10.0 Å². The maximum Gasteiger partial charge on any atom is 0.262 e. The van der Waals surface area contributed by atoms with Gasteiger partial charge in [0.1, 0.15) is 5.58 Å². The van der Waals surface area contributed by atoms with Crippen LogP contribution in [0.3, 0.4) is 0 Å². The molecule has 1 aliphatic rings. The maximum atomic E-state index is 12.9. The first-order valence-electron chi connectivity index (χ1n) is 9.47. The Morgan fingerprint density at radius 2 is 2.07 bits per heavy atom. The number of piperazine rings is 1. The zero-order valence-corrected chi connectivity index (χ0v) is 16.9. The molecule has 1 fully saturated rings. The number of rotatable bonds is 5. The van der Waals surface area contributed by atoms with Crippen molar-refractivity contribution in [2.75, 3.05) is 24.4 Å². The van der Waals surface area contributed by atoms with E-state index in [-0.39, 0.29) is 0 Å². The lowest BCUT2D eigenvalue weighted by atomic mass is 10.1. The van der Waals surface area contributed by atoms with Gasteiger partial charge in [-0.25, -0.2) is 8.42 Å². The predicted octanol–water partition coefficient (Wildman–Crippen LogP) is 3.34. The van der Waals surface area contributed by atoms with E-state index in [2.05, 4.69) is 21.9 Å².